The molecule has 11 heteroatoms. The van der Waals surface area contributed by atoms with Crippen LogP contribution in [0.15, 0.2) is 0 Å². The highest BCUT2D eigenvalue weighted by molar-refractivity contribution is 7.98. The minimum atomic E-state index is -1.16. The first-order valence-corrected chi connectivity index (χ1v) is 9.23. The Bertz CT molecular complexity index is 463. The molecule has 0 rings (SSSR count). The van der Waals surface area contributed by atoms with E-state index in [0.717, 1.165) is 0 Å². The average Bonchev–Trinajstić information content (AvgIpc) is 2.51. The van der Waals surface area contributed by atoms with Crippen molar-refractivity contribution >= 4 is 48.1 Å². The number of carboxylic acids is 2. The van der Waals surface area contributed by atoms with Gasteiger partial charge < -0.3 is 26.6 Å². The van der Waals surface area contributed by atoms with Crippen LogP contribution in [0.5, 0.6) is 0 Å². The van der Waals surface area contributed by atoms with Gasteiger partial charge in [0, 0.05) is 24.3 Å². The second-order valence-corrected chi connectivity index (χ2v) is 6.36. The standard InChI is InChI=1S/C13H23N3O6S2/c1-24-6-9(13(21)22)16-11(18)8(5-23)15-10(17)4-2-3-7(14)12(19)20/h7-9,23H,2-6,14H2,1H3,(H,15,17)(H,16,18)(H,19,20)(H,21,22)/p+1/t7-,8-,9+/m0/s1. The molecule has 0 saturated heterocycles. The van der Waals surface area contributed by atoms with Crippen LogP contribution in [-0.4, -0.2) is 69.9 Å². The molecule has 0 aromatic rings. The quantitative estimate of drug-likeness (QED) is 0.217. The van der Waals surface area contributed by atoms with Gasteiger partial charge in [-0.05, 0) is 12.7 Å². The van der Waals surface area contributed by atoms with Crippen LogP contribution < -0.4 is 16.4 Å². The summed E-state index contributed by atoms with van der Waals surface area (Å²) in [5, 5.41) is 22.5. The number of aliphatic carboxylic acids is 2. The molecule has 0 aliphatic heterocycles. The number of carbonyl (C=O) groups excluding carboxylic acids is 2. The molecule has 3 atom stereocenters. The number of nitrogens with one attached hydrogen (secondary N) is 2. The lowest BCUT2D eigenvalue weighted by molar-refractivity contribution is -0.409. The lowest BCUT2D eigenvalue weighted by Crippen LogP contribution is -2.64. The molecule has 138 valence electrons. The highest BCUT2D eigenvalue weighted by Gasteiger charge is 2.25. The number of carboxylic acid groups (broad SMARTS) is 2. The Balaban J connectivity index is 4.41. The van der Waals surface area contributed by atoms with E-state index < -0.39 is 41.9 Å². The summed E-state index contributed by atoms with van der Waals surface area (Å²) < 4.78 is 0. The van der Waals surface area contributed by atoms with Crippen molar-refractivity contribution in [3.63, 3.8) is 0 Å². The van der Waals surface area contributed by atoms with Crippen molar-refractivity contribution in [2.24, 2.45) is 0 Å². The Kier molecular flexibility index (Phi) is 11.3. The summed E-state index contributed by atoms with van der Waals surface area (Å²) in [6.45, 7) is 0. The van der Waals surface area contributed by atoms with Crippen LogP contribution >= 0.6 is 24.4 Å². The minimum Gasteiger partial charge on any atom is -0.480 e. The molecule has 0 unspecified atom stereocenters. The molecule has 0 aliphatic rings. The molecule has 0 bridgehead atoms. The van der Waals surface area contributed by atoms with Gasteiger partial charge in [-0.3, -0.25) is 9.59 Å². The lowest BCUT2D eigenvalue weighted by atomic mass is 10.1. The highest BCUT2D eigenvalue weighted by Crippen LogP contribution is 2.01. The predicted molar refractivity (Wildman–Crippen MR) is 91.9 cm³/mol. The van der Waals surface area contributed by atoms with Crippen LogP contribution in [0.25, 0.3) is 0 Å². The van der Waals surface area contributed by atoms with Crippen molar-refractivity contribution in [1.29, 1.82) is 0 Å². The van der Waals surface area contributed by atoms with E-state index in [1.54, 1.807) is 6.26 Å². The fourth-order valence-corrected chi connectivity index (χ4v) is 2.52. The van der Waals surface area contributed by atoms with Crippen molar-refractivity contribution < 1.29 is 35.1 Å². The summed E-state index contributed by atoms with van der Waals surface area (Å²) in [5.41, 5.74) is 3.44. The maximum absolute atomic E-state index is 12.0. The summed E-state index contributed by atoms with van der Waals surface area (Å²) in [7, 11) is 0. The third-order valence-corrected chi connectivity index (χ3v) is 4.12. The Morgan fingerprint density at radius 1 is 1.12 bits per heavy atom. The van der Waals surface area contributed by atoms with E-state index in [1.807, 2.05) is 0 Å². The van der Waals surface area contributed by atoms with Crippen molar-refractivity contribution in [3.05, 3.63) is 0 Å². The van der Waals surface area contributed by atoms with Crippen LogP contribution in [0.3, 0.4) is 0 Å². The number of carbonyl (C=O) groups is 4. The highest BCUT2D eigenvalue weighted by atomic mass is 32.2. The first-order chi connectivity index (χ1) is 11.2. The van der Waals surface area contributed by atoms with Gasteiger partial charge >= 0.3 is 11.9 Å². The molecule has 9 nitrogen and oxygen atoms in total. The van der Waals surface area contributed by atoms with Crippen LogP contribution in [0.1, 0.15) is 19.3 Å². The molecule has 0 spiro atoms. The zero-order valence-electron chi connectivity index (χ0n) is 13.4. The number of thioether (sulfide) groups is 1. The number of thiol groups is 1. The van der Waals surface area contributed by atoms with Gasteiger partial charge in [0.1, 0.15) is 12.1 Å². The third-order valence-electron chi connectivity index (χ3n) is 3.09. The van der Waals surface area contributed by atoms with Gasteiger partial charge in [-0.1, -0.05) is 0 Å². The molecule has 24 heavy (non-hydrogen) atoms. The molecule has 0 radical (unpaired) electrons. The fourth-order valence-electron chi connectivity index (χ4n) is 1.71. The van der Waals surface area contributed by atoms with Crippen molar-refractivity contribution in [2.75, 3.05) is 17.8 Å². The van der Waals surface area contributed by atoms with E-state index >= 15 is 0 Å². The maximum atomic E-state index is 12.0. The summed E-state index contributed by atoms with van der Waals surface area (Å²) in [6.07, 6.45) is 2.32. The minimum absolute atomic E-state index is 0.0102. The fraction of sp³-hybridized carbons (Fsp3) is 0.692. The van der Waals surface area contributed by atoms with Crippen LogP contribution in [0, 0.1) is 0 Å². The zero-order chi connectivity index (χ0) is 18.7. The molecule has 7 N–H and O–H groups in total. The SMILES string of the molecule is CSC[C@@H](NC(=O)[C@H](CS)NC(=O)CCC[C@H]([NH3+])C(=O)O)C(=O)O. The molecule has 0 saturated carbocycles. The van der Waals surface area contributed by atoms with Gasteiger partial charge in [0.05, 0.1) is 0 Å². The van der Waals surface area contributed by atoms with Gasteiger partial charge in [-0.2, -0.15) is 24.4 Å². The molecule has 0 aromatic heterocycles. The second kappa shape index (κ2) is 12.0. The van der Waals surface area contributed by atoms with Gasteiger partial charge in [0.15, 0.2) is 6.04 Å². The molecule has 2 amide bonds. The van der Waals surface area contributed by atoms with Crippen molar-refractivity contribution in [1.82, 2.24) is 10.6 Å². The van der Waals surface area contributed by atoms with E-state index in [0.29, 0.717) is 6.42 Å². The van der Waals surface area contributed by atoms with E-state index in [-0.39, 0.29) is 24.3 Å². The smallest absolute Gasteiger partial charge is 0.362 e. The summed E-state index contributed by atoms with van der Waals surface area (Å²) in [6, 6.07) is -2.79. The number of hydrogen-bond donors (Lipinski definition) is 6. The van der Waals surface area contributed by atoms with Crippen LogP contribution in [-0.2, 0) is 19.2 Å². The van der Waals surface area contributed by atoms with Crippen molar-refractivity contribution in [3.8, 4) is 0 Å². The molecular formula is C13H24N3O6S2+. The largest absolute Gasteiger partial charge is 0.480 e. The Hall–Kier alpha value is -1.46. The van der Waals surface area contributed by atoms with Gasteiger partial charge in [0.2, 0.25) is 11.8 Å². The van der Waals surface area contributed by atoms with Crippen LogP contribution in [0.4, 0.5) is 0 Å². The number of amides is 2. The van der Waals surface area contributed by atoms with E-state index in [9.17, 15) is 19.2 Å². The van der Waals surface area contributed by atoms with E-state index in [1.165, 1.54) is 11.8 Å². The zero-order valence-corrected chi connectivity index (χ0v) is 15.1. The maximum Gasteiger partial charge on any atom is 0.362 e. The average molecular weight is 382 g/mol. The normalized spacial score (nSPS) is 14.3. The van der Waals surface area contributed by atoms with Crippen LogP contribution in [0.2, 0.25) is 0 Å². The third kappa shape index (κ3) is 8.99. The first kappa shape index (κ1) is 22.5. The number of rotatable bonds is 12. The molecule has 0 fully saturated rings. The van der Waals surface area contributed by atoms with Crippen molar-refractivity contribution in [2.45, 2.75) is 37.4 Å². The number of hydrogen-bond acceptors (Lipinski definition) is 6. The predicted octanol–water partition coefficient (Wildman–Crippen LogP) is -1.80. The van der Waals surface area contributed by atoms with E-state index in [4.69, 9.17) is 10.2 Å². The monoisotopic (exact) mass is 382 g/mol. The lowest BCUT2D eigenvalue weighted by Gasteiger charge is -2.19. The van der Waals surface area contributed by atoms with E-state index in [2.05, 4.69) is 29.0 Å². The van der Waals surface area contributed by atoms with Gasteiger partial charge in [0.25, 0.3) is 0 Å². The summed E-state index contributed by atoms with van der Waals surface area (Å²) in [4.78, 5) is 45.5. The summed E-state index contributed by atoms with van der Waals surface area (Å²) >= 11 is 5.26. The Labute approximate surface area is 149 Å². The molecular weight excluding hydrogens is 358 g/mol. The summed E-state index contributed by atoms with van der Waals surface area (Å²) in [5.74, 6) is -3.03. The number of quaternary nitrogens is 1. The topological polar surface area (TPSA) is 160 Å². The molecule has 0 aliphatic carbocycles. The molecule has 0 aromatic carbocycles. The second-order valence-electron chi connectivity index (χ2n) is 5.08. The van der Waals surface area contributed by atoms with Gasteiger partial charge in [-0.15, -0.1) is 0 Å². The Morgan fingerprint density at radius 3 is 2.21 bits per heavy atom. The molecule has 0 heterocycles. The Morgan fingerprint density at radius 2 is 1.75 bits per heavy atom. The van der Waals surface area contributed by atoms with Gasteiger partial charge in [-0.25, -0.2) is 9.59 Å². The first-order valence-electron chi connectivity index (χ1n) is 7.21.